The molecule has 0 radical (unpaired) electrons. The fourth-order valence-corrected chi connectivity index (χ4v) is 4.68. The van der Waals surface area contributed by atoms with Crippen molar-refractivity contribution in [1.82, 2.24) is 4.90 Å². The van der Waals surface area contributed by atoms with E-state index in [1.807, 2.05) is 30.3 Å². The second-order valence-corrected chi connectivity index (χ2v) is 9.21. The van der Waals surface area contributed by atoms with Gasteiger partial charge in [-0.25, -0.2) is 0 Å². The van der Waals surface area contributed by atoms with E-state index in [0.29, 0.717) is 27.8 Å². The van der Waals surface area contributed by atoms with Crippen LogP contribution in [0.25, 0.3) is 11.0 Å². The molecule has 0 spiro atoms. The Kier molecular flexibility index (Phi) is 7.12. The Morgan fingerprint density at radius 1 is 0.914 bits per heavy atom. The van der Waals surface area contributed by atoms with Gasteiger partial charge in [0.05, 0.1) is 17.0 Å². The molecule has 35 heavy (non-hydrogen) atoms. The zero-order chi connectivity index (χ0) is 25.1. The molecule has 0 aliphatic heterocycles. The zero-order valence-electron chi connectivity index (χ0n) is 20.4. The summed E-state index contributed by atoms with van der Waals surface area (Å²) in [6, 6.07) is 19.4. The number of phenols is 2. The topological polar surface area (TPSA) is 83.1 Å². The summed E-state index contributed by atoms with van der Waals surface area (Å²) >= 11 is 0. The van der Waals surface area contributed by atoms with Gasteiger partial charge in [0.15, 0.2) is 5.78 Å². The number of carbonyl (C=O) groups is 1. The molecule has 0 amide bonds. The average molecular weight is 474 g/mol. The summed E-state index contributed by atoms with van der Waals surface area (Å²) in [6.45, 7) is 8.79. The summed E-state index contributed by atoms with van der Waals surface area (Å²) in [6.07, 6.45) is 1.41. The van der Waals surface area contributed by atoms with Crippen molar-refractivity contribution >= 4 is 16.8 Å². The number of ketones is 1. The molecule has 0 bridgehead atoms. The minimum atomic E-state index is -0.180. The van der Waals surface area contributed by atoms with Crippen molar-refractivity contribution in [3.63, 3.8) is 0 Å². The number of nitrogens with zero attached hydrogens (tertiary/aromatic N) is 1. The van der Waals surface area contributed by atoms with Crippen molar-refractivity contribution in [3.8, 4) is 17.2 Å². The highest BCUT2D eigenvalue weighted by atomic mass is 16.5. The summed E-state index contributed by atoms with van der Waals surface area (Å²) in [5.74, 6) is 0.391. The molecule has 1 unspecified atom stereocenters. The second-order valence-electron chi connectivity index (χ2n) is 9.21. The molecule has 4 rings (SSSR count). The molecule has 1 atom stereocenters. The predicted molar refractivity (Wildman–Crippen MR) is 136 cm³/mol. The van der Waals surface area contributed by atoms with Crippen LogP contribution in [0.1, 0.15) is 55.2 Å². The van der Waals surface area contributed by atoms with E-state index in [1.54, 1.807) is 24.3 Å². The maximum absolute atomic E-state index is 13.2. The van der Waals surface area contributed by atoms with Crippen LogP contribution < -0.4 is 4.74 Å². The maximum atomic E-state index is 13.2. The van der Waals surface area contributed by atoms with Crippen LogP contribution in [0.2, 0.25) is 0 Å². The molecule has 0 aliphatic carbocycles. The van der Waals surface area contributed by atoms with Crippen molar-refractivity contribution < 1.29 is 24.2 Å². The van der Waals surface area contributed by atoms with Gasteiger partial charge in [0.1, 0.15) is 35.7 Å². The number of ether oxygens (including phenoxy) is 1. The van der Waals surface area contributed by atoms with Crippen LogP contribution in [-0.4, -0.2) is 39.6 Å². The molecule has 3 aromatic carbocycles. The predicted octanol–water partition coefficient (Wildman–Crippen LogP) is 6.31. The van der Waals surface area contributed by atoms with E-state index in [0.717, 1.165) is 5.56 Å². The third kappa shape index (κ3) is 5.17. The highest BCUT2D eigenvalue weighted by molar-refractivity contribution is 6.17. The largest absolute Gasteiger partial charge is 0.508 e. The Morgan fingerprint density at radius 2 is 1.57 bits per heavy atom. The fourth-order valence-electron chi connectivity index (χ4n) is 4.68. The monoisotopic (exact) mass is 473 g/mol. The van der Waals surface area contributed by atoms with E-state index in [2.05, 4.69) is 32.6 Å². The fraction of sp³-hybridized carbons (Fsp3) is 0.276. The number of furan rings is 1. The molecule has 0 saturated heterocycles. The lowest BCUT2D eigenvalue weighted by Crippen LogP contribution is -2.42. The number of carbonyl (C=O) groups excluding carboxylic acids is 1. The van der Waals surface area contributed by atoms with Gasteiger partial charge >= 0.3 is 0 Å². The molecule has 6 heteroatoms. The SMILES string of the molecule is CC(C)N(C(C)C)C(COc1cc(O)cc2occ(C(=O)c3ccccc3)c12)c1ccc(O)cc1. The number of hydrogen-bond acceptors (Lipinski definition) is 6. The van der Waals surface area contributed by atoms with Gasteiger partial charge in [-0.05, 0) is 45.4 Å². The first-order valence-electron chi connectivity index (χ1n) is 11.8. The van der Waals surface area contributed by atoms with E-state index < -0.39 is 0 Å². The Labute approximate surface area is 205 Å². The molecule has 0 fully saturated rings. The third-order valence-corrected chi connectivity index (χ3v) is 6.13. The Morgan fingerprint density at radius 3 is 2.20 bits per heavy atom. The zero-order valence-corrected chi connectivity index (χ0v) is 20.4. The lowest BCUT2D eigenvalue weighted by atomic mass is 10.0. The van der Waals surface area contributed by atoms with Crippen LogP contribution in [0.5, 0.6) is 17.2 Å². The van der Waals surface area contributed by atoms with E-state index in [4.69, 9.17) is 9.15 Å². The number of hydrogen-bond donors (Lipinski definition) is 2. The summed E-state index contributed by atoms with van der Waals surface area (Å²) in [4.78, 5) is 15.6. The van der Waals surface area contributed by atoms with E-state index in [9.17, 15) is 15.0 Å². The van der Waals surface area contributed by atoms with Gasteiger partial charge in [0, 0.05) is 29.8 Å². The molecule has 6 nitrogen and oxygen atoms in total. The van der Waals surface area contributed by atoms with E-state index >= 15 is 0 Å². The molecule has 1 aromatic heterocycles. The number of fused-ring (bicyclic) bond motifs is 1. The number of aromatic hydroxyl groups is 2. The van der Waals surface area contributed by atoms with Crippen LogP contribution >= 0.6 is 0 Å². The summed E-state index contributed by atoms with van der Waals surface area (Å²) in [5, 5.41) is 20.6. The van der Waals surface area contributed by atoms with Gasteiger partial charge in [-0.15, -0.1) is 0 Å². The first kappa shape index (κ1) is 24.4. The number of rotatable bonds is 9. The van der Waals surface area contributed by atoms with E-state index in [-0.39, 0.29) is 42.0 Å². The van der Waals surface area contributed by atoms with Crippen molar-refractivity contribution in [2.24, 2.45) is 0 Å². The third-order valence-electron chi connectivity index (χ3n) is 6.13. The second kappa shape index (κ2) is 10.2. The van der Waals surface area contributed by atoms with Crippen molar-refractivity contribution in [2.75, 3.05) is 6.61 Å². The summed E-state index contributed by atoms with van der Waals surface area (Å²) in [7, 11) is 0. The maximum Gasteiger partial charge on any atom is 0.197 e. The Bertz CT molecular complexity index is 1280. The van der Waals surface area contributed by atoms with Crippen LogP contribution in [0, 0.1) is 0 Å². The van der Waals surface area contributed by atoms with Gasteiger partial charge in [-0.3, -0.25) is 9.69 Å². The van der Waals surface area contributed by atoms with Gasteiger partial charge in [-0.1, -0.05) is 42.5 Å². The lowest BCUT2D eigenvalue weighted by molar-refractivity contribution is 0.0752. The van der Waals surface area contributed by atoms with Crippen LogP contribution in [0.15, 0.2) is 77.4 Å². The smallest absolute Gasteiger partial charge is 0.197 e. The van der Waals surface area contributed by atoms with Crippen LogP contribution in [0.4, 0.5) is 0 Å². The molecule has 1 heterocycles. The molecular weight excluding hydrogens is 442 g/mol. The van der Waals surface area contributed by atoms with Crippen molar-refractivity contribution in [2.45, 2.75) is 45.8 Å². The highest BCUT2D eigenvalue weighted by Gasteiger charge is 2.27. The highest BCUT2D eigenvalue weighted by Crippen LogP contribution is 2.37. The summed E-state index contributed by atoms with van der Waals surface area (Å²) in [5.41, 5.74) is 2.30. The molecule has 2 N–H and O–H groups in total. The van der Waals surface area contributed by atoms with Crippen LogP contribution in [0.3, 0.4) is 0 Å². The lowest BCUT2D eigenvalue weighted by Gasteiger charge is -2.38. The quantitative estimate of drug-likeness (QED) is 0.277. The molecule has 182 valence electrons. The minimum absolute atomic E-state index is 0.00804. The van der Waals surface area contributed by atoms with Gasteiger partial charge in [0.25, 0.3) is 0 Å². The first-order chi connectivity index (χ1) is 16.8. The molecular formula is C29H31NO5. The Hall–Kier alpha value is -3.77. The van der Waals surface area contributed by atoms with Crippen molar-refractivity contribution in [1.29, 1.82) is 0 Å². The number of benzene rings is 3. The van der Waals surface area contributed by atoms with Gasteiger partial charge in [-0.2, -0.15) is 0 Å². The number of phenolic OH excluding ortho intramolecular Hbond substituents is 2. The summed E-state index contributed by atoms with van der Waals surface area (Å²) < 4.78 is 12.0. The first-order valence-corrected chi connectivity index (χ1v) is 11.8. The molecule has 0 aliphatic rings. The Balaban J connectivity index is 1.73. The van der Waals surface area contributed by atoms with Crippen LogP contribution in [-0.2, 0) is 0 Å². The average Bonchev–Trinajstić information content (AvgIpc) is 3.25. The van der Waals surface area contributed by atoms with Gasteiger partial charge in [0.2, 0.25) is 0 Å². The minimum Gasteiger partial charge on any atom is -0.508 e. The van der Waals surface area contributed by atoms with Gasteiger partial charge < -0.3 is 19.4 Å². The molecule has 4 aromatic rings. The standard InChI is InChI=1S/C29H31NO5/c1-18(2)30(19(3)4)25(20-10-12-22(31)13-11-20)17-35-27-15-23(32)14-26-28(27)24(16-34-26)29(33)21-8-6-5-7-9-21/h5-16,18-19,25,31-32H,17H2,1-4H3. The van der Waals surface area contributed by atoms with E-state index in [1.165, 1.54) is 18.4 Å². The molecule has 0 saturated carbocycles. The van der Waals surface area contributed by atoms with Crippen molar-refractivity contribution in [3.05, 3.63) is 89.7 Å². The normalized spacial score (nSPS) is 12.5.